The third-order valence-corrected chi connectivity index (χ3v) is 10.2. The van der Waals surface area contributed by atoms with E-state index in [9.17, 15) is 0 Å². The Balaban J connectivity index is 1.91. The number of benzene rings is 6. The Labute approximate surface area is 334 Å². The van der Waals surface area contributed by atoms with Gasteiger partial charge in [-0.3, -0.25) is 0 Å². The van der Waals surface area contributed by atoms with E-state index in [1.165, 1.54) is 0 Å². The smallest absolute Gasteiger partial charge is 0.127 e. The zero-order valence-electron chi connectivity index (χ0n) is 28.0. The second kappa shape index (κ2) is 12.7. The minimum atomic E-state index is -0.121. The Bertz CT molecular complexity index is 2780. The van der Waals surface area contributed by atoms with Crippen LogP contribution in [0.4, 0.5) is 0 Å². The fraction of sp³-hybridized carbons (Fsp3) is 0. The molecule has 0 aliphatic carbocycles. The maximum absolute atomic E-state index is 7.08. The predicted molar refractivity (Wildman–Crippen MR) is 247 cm³/mol. The molecule has 21 heteroatoms. The van der Waals surface area contributed by atoms with E-state index < -0.39 is 0 Å². The normalized spacial score (nSPS) is 11.8. The van der Waals surface area contributed by atoms with E-state index >= 15 is 0 Å². The minimum absolute atomic E-state index is 0.00312. The van der Waals surface area contributed by atoms with Crippen LogP contribution >= 0.6 is 0 Å². The lowest BCUT2D eigenvalue weighted by Gasteiger charge is -2.32. The highest BCUT2D eigenvalue weighted by molar-refractivity contribution is 6.75. The third-order valence-electron chi connectivity index (χ3n) is 10.2. The van der Waals surface area contributed by atoms with Crippen LogP contribution in [0, 0.1) is 0 Å². The van der Waals surface area contributed by atoms with Crippen LogP contribution in [0.1, 0.15) is 0 Å². The van der Waals surface area contributed by atoms with Crippen molar-refractivity contribution in [3.05, 3.63) is 0 Å². The van der Waals surface area contributed by atoms with Crippen LogP contribution < -0.4 is 109 Å². The summed E-state index contributed by atoms with van der Waals surface area (Å²) in [4.78, 5) is 0. The Kier molecular flexibility index (Phi) is 9.19. The van der Waals surface area contributed by atoms with Crippen molar-refractivity contribution in [2.75, 3.05) is 0 Å². The molecule has 0 fully saturated rings. The summed E-state index contributed by atoms with van der Waals surface area (Å²) >= 11 is 0. The molecule has 53 heavy (non-hydrogen) atoms. The van der Waals surface area contributed by atoms with Gasteiger partial charge in [-0.15, -0.1) is 49.2 Å². The first-order valence-electron chi connectivity index (χ1n) is 15.4. The van der Waals surface area contributed by atoms with Crippen molar-refractivity contribution in [2.24, 2.45) is 0 Å². The summed E-state index contributed by atoms with van der Waals surface area (Å²) in [6.07, 6.45) is 0. The van der Waals surface area contributed by atoms with Gasteiger partial charge < -0.3 is 4.42 Å². The van der Waals surface area contributed by atoms with Crippen molar-refractivity contribution in [3.63, 3.8) is 0 Å². The summed E-state index contributed by atoms with van der Waals surface area (Å²) in [5.41, 5.74) is -1.36. The summed E-state index contributed by atoms with van der Waals surface area (Å²) in [5.74, 6) is 0. The van der Waals surface area contributed by atoms with Crippen LogP contribution in [0.15, 0.2) is 4.42 Å². The number of furan rings is 1. The second-order valence-corrected chi connectivity index (χ2v) is 12.8. The quantitative estimate of drug-likeness (QED) is 0.139. The molecule has 1 aromatic heterocycles. The Morgan fingerprint density at radius 2 is 0.377 bits per heavy atom. The molecule has 194 valence electrons. The first-order chi connectivity index (χ1) is 24.7. The molecule has 6 aromatic carbocycles. The summed E-state index contributed by atoms with van der Waals surface area (Å²) < 4.78 is 6.10. The number of hydrogen-bond acceptors (Lipinski definition) is 1. The van der Waals surface area contributed by atoms with Crippen molar-refractivity contribution >= 4 is 310 Å². The van der Waals surface area contributed by atoms with Crippen molar-refractivity contribution in [1.82, 2.24) is 0 Å². The van der Waals surface area contributed by atoms with Gasteiger partial charge in [0.15, 0.2) is 0 Å². The SMILES string of the molecule is [B]c1c([B])c([B])c(-c2c3c([B])c([B])c([B])c([B])c3c(-c3c([B])c([B])c4oc5c([B])c([B])c([B])c([B])c5c4c3[B])c3c([B])c([B])c([B])c([B])c23)c([B])c1[B]. The van der Waals surface area contributed by atoms with Crippen LogP contribution in [0.3, 0.4) is 0 Å². The monoisotopic (exact) mass is 620 g/mol. The fourth-order valence-corrected chi connectivity index (χ4v) is 7.23. The van der Waals surface area contributed by atoms with Gasteiger partial charge in [0, 0.05) is 10.8 Å². The van der Waals surface area contributed by atoms with Crippen molar-refractivity contribution < 1.29 is 4.42 Å². The number of rotatable bonds is 2. The Hall–Kier alpha value is -3.06. The van der Waals surface area contributed by atoms with Gasteiger partial charge >= 0.3 is 0 Å². The molecular formula is C32B20O. The van der Waals surface area contributed by atoms with Gasteiger partial charge in [0.05, 0.1) is 0 Å². The number of hydrogen-bond donors (Lipinski definition) is 0. The van der Waals surface area contributed by atoms with E-state index in [-0.39, 0.29) is 175 Å². The topological polar surface area (TPSA) is 13.1 Å². The molecule has 0 N–H and O–H groups in total. The van der Waals surface area contributed by atoms with E-state index in [0.29, 0.717) is 0 Å². The van der Waals surface area contributed by atoms with Gasteiger partial charge in [0.1, 0.15) is 168 Å². The summed E-state index contributed by atoms with van der Waals surface area (Å²) in [5, 5.41) is 0.705. The molecule has 0 saturated heterocycles. The summed E-state index contributed by atoms with van der Waals surface area (Å²) in [6.45, 7) is 0. The van der Waals surface area contributed by atoms with Crippen LogP contribution in [0.25, 0.3) is 65.7 Å². The van der Waals surface area contributed by atoms with Gasteiger partial charge in [-0.05, 0) is 43.8 Å². The first-order valence-corrected chi connectivity index (χ1v) is 15.4. The average Bonchev–Trinajstić information content (AvgIpc) is 3.54. The molecule has 0 unspecified atom stereocenters. The van der Waals surface area contributed by atoms with E-state index in [4.69, 9.17) is 161 Å². The lowest BCUT2D eigenvalue weighted by molar-refractivity contribution is 0.675. The second-order valence-electron chi connectivity index (χ2n) is 12.8. The van der Waals surface area contributed by atoms with Crippen LogP contribution in [-0.2, 0) is 0 Å². The number of fused-ring (bicyclic) bond motifs is 5. The molecule has 7 aromatic rings. The van der Waals surface area contributed by atoms with Gasteiger partial charge in [0.25, 0.3) is 0 Å². The molecule has 0 aliphatic rings. The van der Waals surface area contributed by atoms with Gasteiger partial charge in [-0.2, -0.15) is 0 Å². The van der Waals surface area contributed by atoms with Crippen LogP contribution in [0.2, 0.25) is 0 Å². The molecule has 0 spiro atoms. The highest BCUT2D eigenvalue weighted by Crippen LogP contribution is 2.39. The average molecular weight is 617 g/mol. The highest BCUT2D eigenvalue weighted by atomic mass is 16.3. The van der Waals surface area contributed by atoms with Crippen molar-refractivity contribution in [1.29, 1.82) is 0 Å². The zero-order valence-corrected chi connectivity index (χ0v) is 28.0. The molecule has 40 radical (unpaired) electrons. The van der Waals surface area contributed by atoms with Crippen molar-refractivity contribution in [2.45, 2.75) is 0 Å². The summed E-state index contributed by atoms with van der Waals surface area (Å²) in [7, 11) is 131. The maximum Gasteiger partial charge on any atom is 0.127 e. The van der Waals surface area contributed by atoms with E-state index in [0.717, 1.165) is 0 Å². The standard InChI is InChI=1S/C32B20O/c33-11-7(18(40)29(51)31-9(11)10-19(41)26(48)28(50)30(52)32(10)53-31)1-3-5(14(36)22(44)20(42)12(3)34)2(6-4(1)13(35)21(43)23(45)15(6)37)8-16(38)24(46)27(49)25(47)17(8)39. The highest BCUT2D eigenvalue weighted by Gasteiger charge is 2.29. The van der Waals surface area contributed by atoms with Crippen LogP contribution in [0.5, 0.6) is 0 Å². The Morgan fingerprint density at radius 1 is 0.170 bits per heavy atom. The third kappa shape index (κ3) is 4.86. The van der Waals surface area contributed by atoms with E-state index in [1.807, 2.05) is 0 Å². The molecule has 0 atom stereocenters. The molecular weight excluding hydrogens is 617 g/mol. The lowest BCUT2D eigenvalue weighted by atomic mass is 9.56. The first kappa shape index (κ1) is 38.2. The molecule has 7 rings (SSSR count). The molecule has 0 bridgehead atoms. The Morgan fingerprint density at radius 3 is 0.736 bits per heavy atom. The predicted octanol–water partition coefficient (Wildman–Crippen LogP) is -14.9. The van der Waals surface area contributed by atoms with E-state index in [1.54, 1.807) is 0 Å². The minimum Gasteiger partial charge on any atom is -0.457 e. The van der Waals surface area contributed by atoms with Gasteiger partial charge in [-0.25, -0.2) is 0 Å². The van der Waals surface area contributed by atoms with Crippen LogP contribution in [-0.4, -0.2) is 157 Å². The van der Waals surface area contributed by atoms with Gasteiger partial charge in [-0.1, -0.05) is 60.1 Å². The molecule has 0 aliphatic heterocycles. The van der Waals surface area contributed by atoms with E-state index in [2.05, 4.69) is 0 Å². The lowest BCUT2D eigenvalue weighted by Crippen LogP contribution is -2.55. The fourth-order valence-electron chi connectivity index (χ4n) is 7.23. The molecule has 0 saturated carbocycles. The zero-order chi connectivity index (χ0) is 39.2. The van der Waals surface area contributed by atoms with Crippen molar-refractivity contribution in [3.8, 4) is 22.3 Å². The largest absolute Gasteiger partial charge is 0.457 e. The summed E-state index contributed by atoms with van der Waals surface area (Å²) in [6, 6.07) is 0. The molecule has 1 nitrogen and oxygen atoms in total. The van der Waals surface area contributed by atoms with Gasteiger partial charge in [0.2, 0.25) is 0 Å². The maximum atomic E-state index is 7.08. The molecule has 1 heterocycles. The molecule has 0 amide bonds.